The van der Waals surface area contributed by atoms with E-state index in [0.717, 1.165) is 0 Å². The van der Waals surface area contributed by atoms with Crippen molar-refractivity contribution in [3.63, 3.8) is 0 Å². The predicted octanol–water partition coefficient (Wildman–Crippen LogP) is 0.0483. The molecule has 0 radical (unpaired) electrons. The molecule has 0 saturated heterocycles. The quantitative estimate of drug-likeness (QED) is 0.519. The lowest BCUT2D eigenvalue weighted by Crippen LogP contribution is -2.43. The molecule has 1 aromatic rings. The number of hydrogen-bond acceptors (Lipinski definition) is 5. The maximum Gasteiger partial charge on any atom is 0.328 e. The van der Waals surface area contributed by atoms with Crippen LogP contribution in [0.5, 0.6) is 0 Å². The smallest absolute Gasteiger partial charge is 0.328 e. The van der Waals surface area contributed by atoms with Crippen LogP contribution in [-0.2, 0) is 4.79 Å². The molecule has 20 heavy (non-hydrogen) atoms. The molecule has 0 aliphatic heterocycles. The third-order valence-corrected chi connectivity index (χ3v) is 2.28. The Bertz CT molecular complexity index is 577. The van der Waals surface area contributed by atoms with Gasteiger partial charge in [-0.1, -0.05) is 0 Å². The SMILES string of the molecule is O=C(NC(CO)C(=O)O)c1c(F)ccc([N+](=O)[O-])c1F. The number of nitrogens with one attached hydrogen (secondary N) is 1. The van der Waals surface area contributed by atoms with Crippen molar-refractivity contribution in [2.24, 2.45) is 0 Å². The Labute approximate surface area is 109 Å². The number of carboxylic acids is 1. The number of nitro groups is 1. The summed E-state index contributed by atoms with van der Waals surface area (Å²) in [5.41, 5.74) is -2.42. The van der Waals surface area contributed by atoms with Gasteiger partial charge in [0.05, 0.1) is 11.5 Å². The lowest BCUT2D eigenvalue weighted by molar-refractivity contribution is -0.387. The van der Waals surface area contributed by atoms with Crippen molar-refractivity contribution in [2.45, 2.75) is 6.04 Å². The minimum absolute atomic E-state index is 0.505. The topological polar surface area (TPSA) is 130 Å². The van der Waals surface area contributed by atoms with E-state index in [1.807, 2.05) is 0 Å². The Morgan fingerprint density at radius 3 is 2.45 bits per heavy atom. The van der Waals surface area contributed by atoms with Gasteiger partial charge in [0.15, 0.2) is 6.04 Å². The number of aliphatic hydroxyl groups excluding tert-OH is 1. The van der Waals surface area contributed by atoms with Crippen LogP contribution in [0.3, 0.4) is 0 Å². The Hall–Kier alpha value is -2.62. The zero-order valence-corrected chi connectivity index (χ0v) is 9.67. The second-order valence-corrected chi connectivity index (χ2v) is 3.56. The van der Waals surface area contributed by atoms with Crippen molar-refractivity contribution in [2.75, 3.05) is 6.61 Å². The van der Waals surface area contributed by atoms with Crippen molar-refractivity contribution >= 4 is 17.6 Å². The van der Waals surface area contributed by atoms with Crippen molar-refractivity contribution in [3.8, 4) is 0 Å². The van der Waals surface area contributed by atoms with Crippen LogP contribution in [0, 0.1) is 21.7 Å². The first kappa shape index (κ1) is 15.4. The Morgan fingerprint density at radius 2 is 2.00 bits per heavy atom. The minimum Gasteiger partial charge on any atom is -0.480 e. The van der Waals surface area contributed by atoms with Crippen LogP contribution >= 0.6 is 0 Å². The number of carbonyl (C=O) groups excluding carboxylic acids is 1. The predicted molar refractivity (Wildman–Crippen MR) is 59.0 cm³/mol. The molecule has 108 valence electrons. The molecule has 0 fully saturated rings. The number of carboxylic acid groups (broad SMARTS) is 1. The number of nitrogens with zero attached hydrogens (tertiary/aromatic N) is 1. The zero-order chi connectivity index (χ0) is 15.4. The summed E-state index contributed by atoms with van der Waals surface area (Å²) in [5, 5.41) is 29.4. The summed E-state index contributed by atoms with van der Waals surface area (Å²) in [4.78, 5) is 31.4. The molecule has 0 bridgehead atoms. The van der Waals surface area contributed by atoms with E-state index in [-0.39, 0.29) is 0 Å². The van der Waals surface area contributed by atoms with Gasteiger partial charge in [-0.2, -0.15) is 4.39 Å². The molecule has 8 nitrogen and oxygen atoms in total. The van der Waals surface area contributed by atoms with Crippen LogP contribution in [-0.4, -0.2) is 39.7 Å². The molecule has 0 heterocycles. The van der Waals surface area contributed by atoms with Gasteiger partial charge in [-0.15, -0.1) is 0 Å². The summed E-state index contributed by atoms with van der Waals surface area (Å²) in [6.45, 7) is -1.01. The molecule has 0 aromatic heterocycles. The molecule has 0 saturated carbocycles. The van der Waals surface area contributed by atoms with E-state index in [2.05, 4.69) is 0 Å². The number of benzene rings is 1. The van der Waals surface area contributed by atoms with E-state index in [9.17, 15) is 28.5 Å². The summed E-state index contributed by atoms with van der Waals surface area (Å²) in [6.07, 6.45) is 0. The molecule has 3 N–H and O–H groups in total. The first-order valence-electron chi connectivity index (χ1n) is 5.06. The Kier molecular flexibility index (Phi) is 4.64. The van der Waals surface area contributed by atoms with Gasteiger partial charge in [-0.3, -0.25) is 14.9 Å². The third-order valence-electron chi connectivity index (χ3n) is 2.28. The average Bonchev–Trinajstić information content (AvgIpc) is 2.35. The summed E-state index contributed by atoms with van der Waals surface area (Å²) in [6, 6.07) is -0.756. The molecule has 1 aromatic carbocycles. The van der Waals surface area contributed by atoms with Gasteiger partial charge < -0.3 is 15.5 Å². The van der Waals surface area contributed by atoms with Crippen molar-refractivity contribution < 1.29 is 33.5 Å². The number of aliphatic hydroxyl groups is 1. The molecule has 0 spiro atoms. The lowest BCUT2D eigenvalue weighted by atomic mass is 10.1. The third kappa shape index (κ3) is 3.03. The van der Waals surface area contributed by atoms with Crippen LogP contribution in [0.25, 0.3) is 0 Å². The van der Waals surface area contributed by atoms with Gasteiger partial charge in [0.2, 0.25) is 5.82 Å². The van der Waals surface area contributed by atoms with Gasteiger partial charge in [0, 0.05) is 6.07 Å². The molecule has 1 atom stereocenters. The van der Waals surface area contributed by atoms with Crippen LogP contribution in [0.2, 0.25) is 0 Å². The fourth-order valence-electron chi connectivity index (χ4n) is 1.31. The molecule has 0 aliphatic carbocycles. The molecular weight excluding hydrogens is 282 g/mol. The van der Waals surface area contributed by atoms with E-state index >= 15 is 0 Å². The standard InChI is InChI=1S/C10H8F2N2O6/c11-4-1-2-6(14(19)20)8(12)7(4)9(16)13-5(3-15)10(17)18/h1-2,5,15H,3H2,(H,13,16)(H,17,18). The van der Waals surface area contributed by atoms with E-state index in [4.69, 9.17) is 10.2 Å². The Morgan fingerprint density at radius 1 is 1.40 bits per heavy atom. The van der Waals surface area contributed by atoms with Crippen molar-refractivity contribution in [1.29, 1.82) is 0 Å². The van der Waals surface area contributed by atoms with Crippen molar-refractivity contribution in [3.05, 3.63) is 39.4 Å². The first-order chi connectivity index (χ1) is 9.29. The molecule has 1 unspecified atom stereocenters. The van der Waals surface area contributed by atoms with E-state index in [1.165, 1.54) is 0 Å². The van der Waals surface area contributed by atoms with Crippen LogP contribution < -0.4 is 5.32 Å². The molecule has 1 rings (SSSR count). The van der Waals surface area contributed by atoms with Crippen molar-refractivity contribution in [1.82, 2.24) is 5.32 Å². The monoisotopic (exact) mass is 290 g/mol. The highest BCUT2D eigenvalue weighted by Crippen LogP contribution is 2.23. The van der Waals surface area contributed by atoms with E-state index < -0.39 is 52.3 Å². The first-order valence-corrected chi connectivity index (χ1v) is 5.06. The molecule has 0 aliphatic rings. The summed E-state index contributed by atoms with van der Waals surface area (Å²) in [7, 11) is 0. The van der Waals surface area contributed by atoms with E-state index in [1.54, 1.807) is 5.32 Å². The lowest BCUT2D eigenvalue weighted by Gasteiger charge is -2.12. The number of amides is 1. The molecular formula is C10H8F2N2O6. The summed E-state index contributed by atoms with van der Waals surface area (Å²) >= 11 is 0. The highest BCUT2D eigenvalue weighted by atomic mass is 19.1. The van der Waals surface area contributed by atoms with Gasteiger partial charge in [0.1, 0.15) is 11.4 Å². The maximum atomic E-state index is 13.6. The van der Waals surface area contributed by atoms with E-state index in [0.29, 0.717) is 12.1 Å². The van der Waals surface area contributed by atoms with Crippen LogP contribution in [0.15, 0.2) is 12.1 Å². The number of halogens is 2. The van der Waals surface area contributed by atoms with Gasteiger partial charge in [-0.25, -0.2) is 9.18 Å². The van der Waals surface area contributed by atoms with Gasteiger partial charge >= 0.3 is 11.7 Å². The highest BCUT2D eigenvalue weighted by Gasteiger charge is 2.28. The van der Waals surface area contributed by atoms with Crippen LogP contribution in [0.4, 0.5) is 14.5 Å². The summed E-state index contributed by atoms with van der Waals surface area (Å²) < 4.78 is 27.0. The number of rotatable bonds is 5. The fourth-order valence-corrected chi connectivity index (χ4v) is 1.31. The number of nitro benzene ring substituents is 1. The fraction of sp³-hybridized carbons (Fsp3) is 0.200. The number of hydrogen-bond donors (Lipinski definition) is 3. The summed E-state index contributed by atoms with van der Waals surface area (Å²) in [5.74, 6) is -6.28. The largest absolute Gasteiger partial charge is 0.480 e. The van der Waals surface area contributed by atoms with Crippen LogP contribution in [0.1, 0.15) is 10.4 Å². The second kappa shape index (κ2) is 6.02. The molecule has 1 amide bonds. The number of carbonyl (C=O) groups is 2. The van der Waals surface area contributed by atoms with Gasteiger partial charge in [0.25, 0.3) is 5.91 Å². The second-order valence-electron chi connectivity index (χ2n) is 3.56. The maximum absolute atomic E-state index is 13.6. The average molecular weight is 290 g/mol. The molecule has 10 heteroatoms. The highest BCUT2D eigenvalue weighted by molar-refractivity contribution is 5.97. The minimum atomic E-state index is -1.79. The normalized spacial score (nSPS) is 11.8. The zero-order valence-electron chi connectivity index (χ0n) is 9.67. The van der Waals surface area contributed by atoms with Gasteiger partial charge in [-0.05, 0) is 6.07 Å². The number of aliphatic carboxylic acids is 1. The Balaban J connectivity index is 3.19.